The third kappa shape index (κ3) is 7.99. The van der Waals surface area contributed by atoms with Gasteiger partial charge in [0.1, 0.15) is 0 Å². The average molecular weight is 375 g/mol. The van der Waals surface area contributed by atoms with E-state index in [0.29, 0.717) is 6.54 Å². The summed E-state index contributed by atoms with van der Waals surface area (Å²) in [5.41, 5.74) is 1.93. The summed E-state index contributed by atoms with van der Waals surface area (Å²) >= 11 is 0. The molecule has 0 saturated heterocycles. The van der Waals surface area contributed by atoms with Crippen LogP contribution in [0, 0.1) is 5.92 Å². The lowest BCUT2D eigenvalue weighted by Gasteiger charge is -2.20. The maximum absolute atomic E-state index is 12.4. The van der Waals surface area contributed by atoms with Crippen LogP contribution in [0.4, 0.5) is 5.69 Å². The fourth-order valence-corrected chi connectivity index (χ4v) is 3.29. The second kappa shape index (κ2) is 12.3. The van der Waals surface area contributed by atoms with Gasteiger partial charge >= 0.3 is 0 Å². The second-order valence-corrected chi connectivity index (χ2v) is 6.99. The molecule has 1 aliphatic carbocycles. The maximum Gasteiger partial charge on any atom is 0.227 e. The normalized spacial score (nSPS) is 15.4. The monoisotopic (exact) mass is 374 g/mol. The van der Waals surface area contributed by atoms with Gasteiger partial charge in [-0.1, -0.05) is 31.4 Å². The molecule has 0 heterocycles. The molecule has 0 aromatic heterocycles. The highest BCUT2D eigenvalue weighted by atomic mass is 16.5. The number of rotatable bonds is 9. The number of ether oxygens (including phenoxy) is 1. The molecule has 0 bridgehead atoms. The molecule has 1 fully saturated rings. The van der Waals surface area contributed by atoms with Gasteiger partial charge in [-0.05, 0) is 43.9 Å². The molecule has 1 saturated carbocycles. The topological polar surface area (TPSA) is 74.8 Å². The SMILES string of the molecule is CCNC(=NCc1cccc(NC(=O)C2CCCCC2)c1)NCCCOC. The minimum atomic E-state index is 0.156. The molecule has 1 aliphatic rings. The highest BCUT2D eigenvalue weighted by Gasteiger charge is 2.20. The molecule has 150 valence electrons. The van der Waals surface area contributed by atoms with Crippen LogP contribution in [0.5, 0.6) is 0 Å². The number of carbonyl (C=O) groups is 1. The molecule has 1 amide bonds. The molecule has 0 atom stereocenters. The molecular weight excluding hydrogens is 340 g/mol. The van der Waals surface area contributed by atoms with Crippen LogP contribution in [0.25, 0.3) is 0 Å². The summed E-state index contributed by atoms with van der Waals surface area (Å²) in [5.74, 6) is 1.12. The van der Waals surface area contributed by atoms with Gasteiger partial charge in [0.05, 0.1) is 6.54 Å². The van der Waals surface area contributed by atoms with Crippen LogP contribution >= 0.6 is 0 Å². The predicted octanol–water partition coefficient (Wildman–Crippen LogP) is 3.30. The van der Waals surface area contributed by atoms with E-state index < -0.39 is 0 Å². The third-order valence-corrected chi connectivity index (χ3v) is 4.75. The Hall–Kier alpha value is -2.08. The molecule has 0 spiro atoms. The minimum Gasteiger partial charge on any atom is -0.385 e. The van der Waals surface area contributed by atoms with Gasteiger partial charge in [0.25, 0.3) is 0 Å². The van der Waals surface area contributed by atoms with Gasteiger partial charge in [-0.15, -0.1) is 0 Å². The van der Waals surface area contributed by atoms with Crippen molar-refractivity contribution in [1.29, 1.82) is 0 Å². The maximum atomic E-state index is 12.4. The number of amides is 1. The van der Waals surface area contributed by atoms with Crippen molar-refractivity contribution in [3.05, 3.63) is 29.8 Å². The fourth-order valence-electron chi connectivity index (χ4n) is 3.29. The molecule has 0 aliphatic heterocycles. The first-order valence-electron chi connectivity index (χ1n) is 10.1. The van der Waals surface area contributed by atoms with E-state index in [1.807, 2.05) is 31.2 Å². The van der Waals surface area contributed by atoms with Crippen molar-refractivity contribution in [2.45, 2.75) is 52.0 Å². The van der Waals surface area contributed by atoms with E-state index in [-0.39, 0.29) is 11.8 Å². The van der Waals surface area contributed by atoms with E-state index in [1.54, 1.807) is 7.11 Å². The number of aliphatic imine (C=N–C) groups is 1. The van der Waals surface area contributed by atoms with E-state index >= 15 is 0 Å². The number of carbonyl (C=O) groups excluding carboxylic acids is 1. The first-order chi connectivity index (χ1) is 13.2. The van der Waals surface area contributed by atoms with Crippen molar-refractivity contribution in [1.82, 2.24) is 10.6 Å². The Kier molecular flexibility index (Phi) is 9.69. The molecule has 1 aromatic carbocycles. The molecule has 0 unspecified atom stereocenters. The van der Waals surface area contributed by atoms with E-state index in [4.69, 9.17) is 4.74 Å². The van der Waals surface area contributed by atoms with E-state index in [9.17, 15) is 4.79 Å². The summed E-state index contributed by atoms with van der Waals surface area (Å²) in [7, 11) is 1.71. The minimum absolute atomic E-state index is 0.156. The molecule has 1 aromatic rings. The van der Waals surface area contributed by atoms with Crippen LogP contribution in [0.1, 0.15) is 51.0 Å². The third-order valence-electron chi connectivity index (χ3n) is 4.75. The van der Waals surface area contributed by atoms with E-state index in [2.05, 4.69) is 20.9 Å². The lowest BCUT2D eigenvalue weighted by atomic mass is 9.88. The van der Waals surface area contributed by atoms with E-state index in [1.165, 1.54) is 6.42 Å². The van der Waals surface area contributed by atoms with Crippen molar-refractivity contribution in [3.8, 4) is 0 Å². The van der Waals surface area contributed by atoms with E-state index in [0.717, 1.165) is 69.0 Å². The van der Waals surface area contributed by atoms with Gasteiger partial charge in [0.2, 0.25) is 5.91 Å². The fraction of sp³-hybridized carbons (Fsp3) is 0.619. The molecule has 6 heteroatoms. The molecule has 0 radical (unpaired) electrons. The summed E-state index contributed by atoms with van der Waals surface area (Å²) in [5, 5.41) is 9.63. The van der Waals surface area contributed by atoms with Crippen molar-refractivity contribution < 1.29 is 9.53 Å². The van der Waals surface area contributed by atoms with Gasteiger partial charge in [-0.25, -0.2) is 4.99 Å². The summed E-state index contributed by atoms with van der Waals surface area (Å²) < 4.78 is 5.07. The molecular formula is C21H34N4O2. The van der Waals surface area contributed by atoms with Crippen LogP contribution in [0.3, 0.4) is 0 Å². The van der Waals surface area contributed by atoms with Gasteiger partial charge in [0, 0.05) is 38.4 Å². The van der Waals surface area contributed by atoms with Gasteiger partial charge in [-0.2, -0.15) is 0 Å². The van der Waals surface area contributed by atoms with Gasteiger partial charge in [-0.3, -0.25) is 4.79 Å². The number of benzene rings is 1. The number of methoxy groups -OCH3 is 1. The highest BCUT2D eigenvalue weighted by Crippen LogP contribution is 2.25. The summed E-state index contributed by atoms with van der Waals surface area (Å²) in [6.07, 6.45) is 6.54. The Morgan fingerprint density at radius 1 is 1.22 bits per heavy atom. The lowest BCUT2D eigenvalue weighted by Crippen LogP contribution is -2.38. The predicted molar refractivity (Wildman–Crippen MR) is 111 cm³/mol. The largest absolute Gasteiger partial charge is 0.385 e. The van der Waals surface area contributed by atoms with Crippen LogP contribution in [-0.4, -0.2) is 38.7 Å². The second-order valence-electron chi connectivity index (χ2n) is 6.99. The molecule has 2 rings (SSSR count). The van der Waals surface area contributed by atoms with Crippen molar-refractivity contribution in [2.24, 2.45) is 10.9 Å². The zero-order valence-electron chi connectivity index (χ0n) is 16.7. The summed E-state index contributed by atoms with van der Waals surface area (Å²) in [6.45, 7) is 4.97. The van der Waals surface area contributed by atoms with Crippen molar-refractivity contribution >= 4 is 17.6 Å². The molecule has 3 N–H and O–H groups in total. The van der Waals surface area contributed by atoms with Crippen LogP contribution in [0.2, 0.25) is 0 Å². The zero-order chi connectivity index (χ0) is 19.3. The smallest absolute Gasteiger partial charge is 0.227 e. The summed E-state index contributed by atoms with van der Waals surface area (Å²) in [6, 6.07) is 7.97. The van der Waals surface area contributed by atoms with Gasteiger partial charge < -0.3 is 20.7 Å². The number of anilines is 1. The van der Waals surface area contributed by atoms with Crippen LogP contribution in [0.15, 0.2) is 29.3 Å². The number of nitrogens with one attached hydrogen (secondary N) is 3. The summed E-state index contributed by atoms with van der Waals surface area (Å²) in [4.78, 5) is 17.1. The molecule has 6 nitrogen and oxygen atoms in total. The molecule has 27 heavy (non-hydrogen) atoms. The average Bonchev–Trinajstić information content (AvgIpc) is 2.70. The number of hydrogen-bond donors (Lipinski definition) is 3. The Morgan fingerprint density at radius 2 is 2.04 bits per heavy atom. The number of hydrogen-bond acceptors (Lipinski definition) is 3. The Balaban J connectivity index is 1.89. The zero-order valence-corrected chi connectivity index (χ0v) is 16.7. The van der Waals surface area contributed by atoms with Gasteiger partial charge in [0.15, 0.2) is 5.96 Å². The van der Waals surface area contributed by atoms with Crippen molar-refractivity contribution in [3.63, 3.8) is 0 Å². The first kappa shape index (κ1) is 21.2. The Morgan fingerprint density at radius 3 is 2.78 bits per heavy atom. The van der Waals surface area contributed by atoms with Crippen molar-refractivity contribution in [2.75, 3.05) is 32.1 Å². The number of guanidine groups is 1. The number of nitrogens with zero attached hydrogens (tertiary/aromatic N) is 1. The Labute approximate surface area is 163 Å². The lowest BCUT2D eigenvalue weighted by molar-refractivity contribution is -0.120. The highest BCUT2D eigenvalue weighted by molar-refractivity contribution is 5.92. The van der Waals surface area contributed by atoms with Crippen LogP contribution < -0.4 is 16.0 Å². The first-order valence-corrected chi connectivity index (χ1v) is 10.1. The quantitative estimate of drug-likeness (QED) is 0.352. The standard InChI is InChI=1S/C21H34N4O2/c1-3-22-21(23-13-8-14-27-2)24-16-17-9-7-12-19(15-17)25-20(26)18-10-5-4-6-11-18/h7,9,12,15,18H,3-6,8,10-11,13-14,16H2,1-2H3,(H,25,26)(H2,22,23,24). The van der Waals surface area contributed by atoms with Crippen LogP contribution in [-0.2, 0) is 16.1 Å². The Bertz CT molecular complexity index is 598.